The predicted molar refractivity (Wildman–Crippen MR) is 156 cm³/mol. The highest BCUT2D eigenvalue weighted by atomic mass is 35.5. The van der Waals surface area contributed by atoms with Gasteiger partial charge in [0, 0.05) is 48.5 Å². The minimum absolute atomic E-state index is 0.199. The second-order valence-corrected chi connectivity index (χ2v) is 17.0. The van der Waals surface area contributed by atoms with Crippen LogP contribution in [-0.4, -0.2) is 54.2 Å². The maximum Gasteiger partial charge on any atom is 0.384 e. The molecule has 3 rings (SSSR count). The van der Waals surface area contributed by atoms with Crippen molar-refractivity contribution in [3.63, 3.8) is 0 Å². The molecule has 0 N–H and O–H groups in total. The van der Waals surface area contributed by atoms with Gasteiger partial charge in [0.2, 0.25) is 0 Å². The van der Waals surface area contributed by atoms with Crippen molar-refractivity contribution in [2.75, 3.05) is 31.2 Å². The number of aromatic nitrogens is 1. The van der Waals surface area contributed by atoms with Crippen molar-refractivity contribution >= 4 is 53.5 Å². The lowest BCUT2D eigenvalue weighted by Gasteiger charge is -2.32. The van der Waals surface area contributed by atoms with Crippen LogP contribution in [0.25, 0.3) is 10.9 Å². The largest absolute Gasteiger partial charge is 0.755 e. The summed E-state index contributed by atoms with van der Waals surface area (Å²) in [5.41, 5.74) is 1.23. The minimum atomic E-state index is -2.50. The monoisotopic (exact) mass is 573 g/mol. The van der Waals surface area contributed by atoms with Crippen LogP contribution in [-0.2, 0) is 31.1 Å². The average molecular weight is 574 g/mol. The van der Waals surface area contributed by atoms with Crippen molar-refractivity contribution in [1.82, 2.24) is 4.57 Å². The predicted octanol–water partition coefficient (Wildman–Crippen LogP) is 5.58. The maximum absolute atomic E-state index is 12.3. The number of ether oxygens (including phenoxy) is 2. The molecule has 204 valence electrons. The average Bonchev–Trinajstić information content (AvgIpc) is 3.32. The number of halogens is 1. The first-order valence-corrected chi connectivity index (χ1v) is 17.6. The molecular formula is C28H34ClN2O5SSi-. The molecule has 2 unspecified atom stereocenters. The van der Waals surface area contributed by atoms with Gasteiger partial charge in [-0.2, -0.15) is 0 Å². The highest BCUT2D eigenvalue weighted by Gasteiger charge is 2.32. The first kappa shape index (κ1) is 29.9. The van der Waals surface area contributed by atoms with Gasteiger partial charge in [0.15, 0.2) is 0 Å². The smallest absolute Gasteiger partial charge is 0.384 e. The number of esters is 1. The van der Waals surface area contributed by atoms with E-state index in [4.69, 9.17) is 21.1 Å². The standard InChI is InChI=1S/C28H35ClN2O5SSi/c1-6-28(16-14-27(32)35-2,22-10-12-23(29)13-11-22)30-17-15-24-25(30)8-7-9-26(24)31(37(33)34)18-19-36-20-21-38(3,4)5/h7-13,15,17H,6,18-21H2,1-5H3,(H,33,34)/p-1. The third-order valence-corrected chi connectivity index (χ3v) is 9.09. The van der Waals surface area contributed by atoms with Gasteiger partial charge >= 0.3 is 5.97 Å². The van der Waals surface area contributed by atoms with Gasteiger partial charge < -0.3 is 18.6 Å². The van der Waals surface area contributed by atoms with Gasteiger partial charge in [0.25, 0.3) is 0 Å². The first-order chi connectivity index (χ1) is 18.0. The maximum atomic E-state index is 12.3. The van der Waals surface area contributed by atoms with E-state index in [1.54, 1.807) is 18.2 Å². The molecule has 10 heteroatoms. The molecular weight excluding hydrogens is 540 g/mol. The molecule has 0 aliphatic rings. The molecule has 0 spiro atoms. The quantitative estimate of drug-likeness (QED) is 0.0746. The summed E-state index contributed by atoms with van der Waals surface area (Å²) in [6.45, 7) is 9.92. The SMILES string of the molecule is CCC(C#CC(=O)OC)(c1ccc(Cl)cc1)n1ccc2c(N(CCOCC[Si](C)(C)C)S(=O)[O-])cccc21. The molecule has 0 saturated carbocycles. The summed E-state index contributed by atoms with van der Waals surface area (Å²) in [6, 6.07) is 15.7. The number of benzene rings is 2. The molecule has 0 aliphatic carbocycles. The number of methoxy groups -OCH3 is 1. The molecule has 0 saturated heterocycles. The van der Waals surface area contributed by atoms with E-state index in [-0.39, 0.29) is 6.54 Å². The summed E-state index contributed by atoms with van der Waals surface area (Å²) in [5.74, 6) is 5.11. The molecule has 3 aromatic rings. The Morgan fingerprint density at radius 2 is 1.87 bits per heavy atom. The third kappa shape index (κ3) is 7.07. The molecule has 0 aliphatic heterocycles. The lowest BCUT2D eigenvalue weighted by Crippen LogP contribution is -2.33. The summed E-state index contributed by atoms with van der Waals surface area (Å²) >= 11 is 3.66. The van der Waals surface area contributed by atoms with E-state index in [1.165, 1.54) is 11.4 Å². The number of hydrogen-bond acceptors (Lipinski definition) is 5. The molecule has 0 radical (unpaired) electrons. The van der Waals surface area contributed by atoms with Crippen molar-refractivity contribution in [2.24, 2.45) is 0 Å². The van der Waals surface area contributed by atoms with Crippen LogP contribution < -0.4 is 4.31 Å². The zero-order valence-electron chi connectivity index (χ0n) is 22.5. The molecule has 2 aromatic carbocycles. The second kappa shape index (κ2) is 13.0. The number of rotatable bonds is 11. The topological polar surface area (TPSA) is 83.8 Å². The lowest BCUT2D eigenvalue weighted by molar-refractivity contribution is -0.133. The van der Waals surface area contributed by atoms with E-state index in [0.717, 1.165) is 22.5 Å². The summed E-state index contributed by atoms with van der Waals surface area (Å²) in [6.07, 6.45) is 2.39. The number of fused-ring (bicyclic) bond motifs is 1. The van der Waals surface area contributed by atoms with Crippen LogP contribution >= 0.6 is 11.6 Å². The Morgan fingerprint density at radius 3 is 2.47 bits per heavy atom. The van der Waals surface area contributed by atoms with Crippen LogP contribution in [0.4, 0.5) is 5.69 Å². The molecule has 1 aromatic heterocycles. The number of anilines is 1. The number of carbonyl (C=O) groups excluding carboxylic acids is 1. The van der Waals surface area contributed by atoms with Crippen LogP contribution in [0.5, 0.6) is 0 Å². The molecule has 0 fully saturated rings. The van der Waals surface area contributed by atoms with Gasteiger partial charge in [-0.05, 0) is 48.4 Å². The Kier molecular flexibility index (Phi) is 10.2. The summed E-state index contributed by atoms with van der Waals surface area (Å²) < 4.78 is 38.4. The number of hydrogen-bond donors (Lipinski definition) is 0. The fourth-order valence-corrected chi connectivity index (χ4v) is 5.70. The van der Waals surface area contributed by atoms with E-state index in [2.05, 4.69) is 31.5 Å². The van der Waals surface area contributed by atoms with Gasteiger partial charge in [-0.25, -0.2) is 4.79 Å². The van der Waals surface area contributed by atoms with Crippen molar-refractivity contribution in [1.29, 1.82) is 0 Å². The molecule has 2 atom stereocenters. The van der Waals surface area contributed by atoms with Crippen molar-refractivity contribution in [2.45, 2.75) is 44.6 Å². The molecule has 0 amide bonds. The number of nitrogens with zero attached hydrogens (tertiary/aromatic N) is 2. The summed E-state index contributed by atoms with van der Waals surface area (Å²) in [5, 5.41) is 1.32. The van der Waals surface area contributed by atoms with Gasteiger partial charge in [-0.3, -0.25) is 8.51 Å². The summed E-state index contributed by atoms with van der Waals surface area (Å²) in [4.78, 5) is 12.0. The van der Waals surface area contributed by atoms with Gasteiger partial charge in [-0.15, -0.1) is 0 Å². The van der Waals surface area contributed by atoms with Gasteiger partial charge in [-0.1, -0.05) is 62.3 Å². The Bertz CT molecular complexity index is 1340. The van der Waals surface area contributed by atoms with E-state index < -0.39 is 30.8 Å². The van der Waals surface area contributed by atoms with Crippen LogP contribution in [0.3, 0.4) is 0 Å². The minimum Gasteiger partial charge on any atom is -0.755 e. The summed E-state index contributed by atoms with van der Waals surface area (Å²) in [7, 11) is 0.0548. The zero-order chi connectivity index (χ0) is 27.9. The fraction of sp³-hybridized carbons (Fsp3) is 0.393. The van der Waals surface area contributed by atoms with Crippen LogP contribution in [0.1, 0.15) is 18.9 Å². The van der Waals surface area contributed by atoms with E-state index in [9.17, 15) is 13.6 Å². The highest BCUT2D eigenvalue weighted by Crippen LogP contribution is 2.37. The van der Waals surface area contributed by atoms with Gasteiger partial charge in [0.05, 0.1) is 31.5 Å². The highest BCUT2D eigenvalue weighted by molar-refractivity contribution is 7.80. The van der Waals surface area contributed by atoms with Crippen molar-refractivity contribution < 1.29 is 23.0 Å². The Morgan fingerprint density at radius 1 is 1.16 bits per heavy atom. The fourth-order valence-electron chi connectivity index (χ4n) is 4.27. The third-order valence-electron chi connectivity index (χ3n) is 6.40. The zero-order valence-corrected chi connectivity index (χ0v) is 25.0. The number of carbonyl (C=O) groups is 1. The van der Waals surface area contributed by atoms with Crippen molar-refractivity contribution in [3.05, 3.63) is 65.3 Å². The molecule has 38 heavy (non-hydrogen) atoms. The molecule has 1 heterocycles. The van der Waals surface area contributed by atoms with E-state index >= 15 is 0 Å². The van der Waals surface area contributed by atoms with E-state index in [0.29, 0.717) is 30.3 Å². The van der Waals surface area contributed by atoms with Crippen LogP contribution in [0.15, 0.2) is 54.7 Å². The normalized spacial score (nSPS) is 13.9. The van der Waals surface area contributed by atoms with Gasteiger partial charge in [0.1, 0.15) is 5.54 Å². The molecule has 0 bridgehead atoms. The Labute approximate surface area is 233 Å². The van der Waals surface area contributed by atoms with Crippen molar-refractivity contribution in [3.8, 4) is 11.8 Å². The van der Waals surface area contributed by atoms with E-state index in [1.807, 2.05) is 48.0 Å². The lowest BCUT2D eigenvalue weighted by atomic mass is 9.87. The van der Waals surface area contributed by atoms with Crippen LogP contribution in [0, 0.1) is 11.8 Å². The second-order valence-electron chi connectivity index (χ2n) is 10.1. The Hall–Kier alpha value is -2.61. The first-order valence-electron chi connectivity index (χ1n) is 12.4. The van der Waals surface area contributed by atoms with Crippen LogP contribution in [0.2, 0.25) is 30.7 Å². The Balaban J connectivity index is 2.06. The molecule has 7 nitrogen and oxygen atoms in total.